The Morgan fingerprint density at radius 3 is 1.24 bits per heavy atom. The van der Waals surface area contributed by atoms with E-state index < -0.39 is 0 Å². The fourth-order valence-electron chi connectivity index (χ4n) is 3.11. The maximum Gasteiger partial charge on any atom is 0.0704 e. The number of rotatable bonds is 26. The fourth-order valence-corrected chi connectivity index (χ4v) is 3.11. The molecule has 1 N–H and O–H groups in total. The van der Waals surface area contributed by atoms with Crippen LogP contribution in [-0.4, -0.2) is 118 Å². The molecule has 1 fully saturated rings. The molecule has 1 saturated heterocycles. The van der Waals surface area contributed by atoms with Gasteiger partial charge in [-0.25, -0.2) is 0 Å². The SMILES string of the molecule is CCCCCOCCOCCOCCOCCOCCOCCOCCOC1CCNCC1. The molecule has 0 saturated carbocycles. The summed E-state index contributed by atoms with van der Waals surface area (Å²) in [5.74, 6) is 0. The maximum atomic E-state index is 5.78. The highest BCUT2D eigenvalue weighted by Crippen LogP contribution is 2.06. The minimum Gasteiger partial charge on any atom is -0.379 e. The van der Waals surface area contributed by atoms with Crippen molar-refractivity contribution in [1.82, 2.24) is 5.32 Å². The lowest BCUT2D eigenvalue weighted by Crippen LogP contribution is -2.33. The van der Waals surface area contributed by atoms with Crippen LogP contribution in [0.5, 0.6) is 0 Å². The summed E-state index contributed by atoms with van der Waals surface area (Å²) in [7, 11) is 0. The van der Waals surface area contributed by atoms with Crippen molar-refractivity contribution >= 4 is 0 Å². The van der Waals surface area contributed by atoms with Crippen molar-refractivity contribution in [3.8, 4) is 0 Å². The van der Waals surface area contributed by atoms with Gasteiger partial charge in [-0.2, -0.15) is 0 Å². The highest BCUT2D eigenvalue weighted by Gasteiger charge is 2.12. The molecule has 1 heterocycles. The summed E-state index contributed by atoms with van der Waals surface area (Å²) >= 11 is 0. The molecule has 33 heavy (non-hydrogen) atoms. The van der Waals surface area contributed by atoms with E-state index in [9.17, 15) is 0 Å². The molecule has 0 aromatic heterocycles. The van der Waals surface area contributed by atoms with E-state index in [2.05, 4.69) is 12.2 Å². The van der Waals surface area contributed by atoms with Crippen molar-refractivity contribution in [2.24, 2.45) is 0 Å². The van der Waals surface area contributed by atoms with Gasteiger partial charge in [0.05, 0.1) is 98.6 Å². The smallest absolute Gasteiger partial charge is 0.0704 e. The van der Waals surface area contributed by atoms with E-state index in [1.54, 1.807) is 0 Å². The Morgan fingerprint density at radius 1 is 0.485 bits per heavy atom. The molecule has 0 amide bonds. The molecular formula is C24H49NO8. The first kappa shape index (κ1) is 30.7. The lowest BCUT2D eigenvalue weighted by Gasteiger charge is -2.22. The van der Waals surface area contributed by atoms with E-state index in [0.29, 0.717) is 98.6 Å². The van der Waals surface area contributed by atoms with E-state index in [0.717, 1.165) is 39.0 Å². The molecule has 0 aromatic carbocycles. The topological polar surface area (TPSA) is 85.9 Å². The summed E-state index contributed by atoms with van der Waals surface area (Å²) in [6.07, 6.45) is 6.14. The second-order valence-electron chi connectivity index (χ2n) is 7.81. The summed E-state index contributed by atoms with van der Waals surface area (Å²) < 4.78 is 44.1. The Bertz CT molecular complexity index is 372. The first-order valence-electron chi connectivity index (χ1n) is 12.8. The third-order valence-corrected chi connectivity index (χ3v) is 4.99. The van der Waals surface area contributed by atoms with Crippen LogP contribution in [0.3, 0.4) is 0 Å². The molecule has 9 heteroatoms. The van der Waals surface area contributed by atoms with Gasteiger partial charge in [0.1, 0.15) is 0 Å². The zero-order valence-electron chi connectivity index (χ0n) is 20.9. The Morgan fingerprint density at radius 2 is 0.848 bits per heavy atom. The first-order valence-corrected chi connectivity index (χ1v) is 12.8. The molecule has 0 aliphatic carbocycles. The molecule has 0 spiro atoms. The quantitative estimate of drug-likeness (QED) is 0.187. The molecule has 0 unspecified atom stereocenters. The van der Waals surface area contributed by atoms with Gasteiger partial charge in [0, 0.05) is 6.61 Å². The Labute approximate surface area is 201 Å². The van der Waals surface area contributed by atoms with Crippen LogP contribution in [-0.2, 0) is 37.9 Å². The molecule has 9 nitrogen and oxygen atoms in total. The van der Waals surface area contributed by atoms with Crippen LogP contribution >= 0.6 is 0 Å². The van der Waals surface area contributed by atoms with Crippen molar-refractivity contribution in [3.63, 3.8) is 0 Å². The van der Waals surface area contributed by atoms with Crippen LogP contribution in [0.2, 0.25) is 0 Å². The number of unbranched alkanes of at least 4 members (excludes halogenated alkanes) is 2. The van der Waals surface area contributed by atoms with Gasteiger partial charge in [0.25, 0.3) is 0 Å². The van der Waals surface area contributed by atoms with E-state index >= 15 is 0 Å². The average Bonchev–Trinajstić information content (AvgIpc) is 2.84. The van der Waals surface area contributed by atoms with E-state index in [1.807, 2.05) is 0 Å². The van der Waals surface area contributed by atoms with Crippen molar-refractivity contribution in [1.29, 1.82) is 0 Å². The zero-order chi connectivity index (χ0) is 23.5. The highest BCUT2D eigenvalue weighted by atomic mass is 16.6. The van der Waals surface area contributed by atoms with Gasteiger partial charge in [-0.3, -0.25) is 0 Å². The zero-order valence-corrected chi connectivity index (χ0v) is 20.9. The van der Waals surface area contributed by atoms with Gasteiger partial charge in [-0.15, -0.1) is 0 Å². The van der Waals surface area contributed by atoms with Crippen LogP contribution in [0.15, 0.2) is 0 Å². The average molecular weight is 480 g/mol. The van der Waals surface area contributed by atoms with Crippen LogP contribution in [0.4, 0.5) is 0 Å². The molecule has 1 aliphatic rings. The highest BCUT2D eigenvalue weighted by molar-refractivity contribution is 4.67. The molecule has 1 aliphatic heterocycles. The van der Waals surface area contributed by atoms with E-state index in [1.165, 1.54) is 12.8 Å². The van der Waals surface area contributed by atoms with Crippen LogP contribution in [0.1, 0.15) is 39.0 Å². The minimum absolute atomic E-state index is 0.384. The standard InChI is InChI=1S/C24H49NO8/c1-2-3-4-9-26-10-11-27-12-13-28-14-15-29-16-17-30-18-19-31-20-21-32-22-23-33-24-5-7-25-8-6-24/h24-25H,2-23H2,1H3. The molecule has 0 aromatic rings. The van der Waals surface area contributed by atoms with Gasteiger partial charge in [0.2, 0.25) is 0 Å². The van der Waals surface area contributed by atoms with Gasteiger partial charge in [0.15, 0.2) is 0 Å². The number of nitrogens with one attached hydrogen (secondary N) is 1. The first-order chi connectivity index (χ1) is 16.4. The fraction of sp³-hybridized carbons (Fsp3) is 1.00. The third kappa shape index (κ3) is 23.2. The van der Waals surface area contributed by atoms with Gasteiger partial charge in [-0.05, 0) is 32.4 Å². The summed E-state index contributed by atoms with van der Waals surface area (Å²) in [4.78, 5) is 0. The van der Waals surface area contributed by atoms with Crippen molar-refractivity contribution in [2.45, 2.75) is 45.1 Å². The monoisotopic (exact) mass is 479 g/mol. The molecule has 0 bridgehead atoms. The van der Waals surface area contributed by atoms with Gasteiger partial charge in [-0.1, -0.05) is 19.8 Å². The van der Waals surface area contributed by atoms with Crippen LogP contribution in [0, 0.1) is 0 Å². The number of piperidine rings is 1. The lowest BCUT2D eigenvalue weighted by atomic mass is 10.1. The van der Waals surface area contributed by atoms with Gasteiger partial charge < -0.3 is 43.2 Å². The molecule has 1 rings (SSSR count). The van der Waals surface area contributed by atoms with Gasteiger partial charge >= 0.3 is 0 Å². The maximum absolute atomic E-state index is 5.78. The molecular weight excluding hydrogens is 430 g/mol. The van der Waals surface area contributed by atoms with Crippen molar-refractivity contribution < 1.29 is 37.9 Å². The number of hydrogen-bond acceptors (Lipinski definition) is 9. The van der Waals surface area contributed by atoms with Crippen molar-refractivity contribution in [2.75, 3.05) is 112 Å². The summed E-state index contributed by atoms with van der Waals surface area (Å²) in [5, 5.41) is 3.33. The Hall–Kier alpha value is -0.360. The summed E-state index contributed by atoms with van der Waals surface area (Å²) in [5.41, 5.74) is 0. The normalized spacial score (nSPS) is 14.8. The van der Waals surface area contributed by atoms with E-state index in [-0.39, 0.29) is 0 Å². The molecule has 198 valence electrons. The summed E-state index contributed by atoms with van der Waals surface area (Å²) in [6.45, 7) is 13.3. The number of hydrogen-bond donors (Lipinski definition) is 1. The van der Waals surface area contributed by atoms with Crippen molar-refractivity contribution in [3.05, 3.63) is 0 Å². The molecule has 0 radical (unpaired) electrons. The van der Waals surface area contributed by atoms with Crippen LogP contribution in [0.25, 0.3) is 0 Å². The Balaban J connectivity index is 1.62. The second-order valence-corrected chi connectivity index (χ2v) is 7.81. The largest absolute Gasteiger partial charge is 0.379 e. The van der Waals surface area contributed by atoms with E-state index in [4.69, 9.17) is 37.9 Å². The molecule has 0 atom stereocenters. The second kappa shape index (κ2) is 26.2. The minimum atomic E-state index is 0.384. The predicted octanol–water partition coefficient (Wildman–Crippen LogP) is 2.06. The predicted molar refractivity (Wildman–Crippen MR) is 127 cm³/mol. The lowest BCUT2D eigenvalue weighted by molar-refractivity contribution is -0.0313. The number of ether oxygens (including phenoxy) is 8. The Kier molecular flexibility index (Phi) is 24.4. The third-order valence-electron chi connectivity index (χ3n) is 4.99. The summed E-state index contributed by atoms with van der Waals surface area (Å²) in [6, 6.07) is 0. The van der Waals surface area contributed by atoms with Crippen LogP contribution < -0.4 is 5.32 Å².